The normalized spacial score (nSPS) is 16.2. The Hall–Kier alpha value is -2.77. The van der Waals surface area contributed by atoms with Crippen molar-refractivity contribution in [2.24, 2.45) is 0 Å². The van der Waals surface area contributed by atoms with Gasteiger partial charge in [-0.15, -0.1) is 11.3 Å². The molecule has 2 aromatic heterocycles. The van der Waals surface area contributed by atoms with E-state index in [1.807, 2.05) is 54.8 Å². The Kier molecular flexibility index (Phi) is 6.34. The van der Waals surface area contributed by atoms with Crippen LogP contribution in [0.3, 0.4) is 0 Å². The van der Waals surface area contributed by atoms with E-state index in [0.717, 1.165) is 29.7 Å². The summed E-state index contributed by atoms with van der Waals surface area (Å²) < 4.78 is 0. The molecule has 0 spiro atoms. The topological polar surface area (TPSA) is 66.4 Å². The van der Waals surface area contributed by atoms with Crippen LogP contribution in [0.2, 0.25) is 5.02 Å². The molecule has 160 valence electrons. The predicted octanol–water partition coefficient (Wildman–Crippen LogP) is 4.51. The van der Waals surface area contributed by atoms with Crippen molar-refractivity contribution in [2.75, 3.05) is 32.1 Å². The highest BCUT2D eigenvalue weighted by atomic mass is 35.5. The van der Waals surface area contributed by atoms with E-state index >= 15 is 0 Å². The van der Waals surface area contributed by atoms with Crippen LogP contribution >= 0.6 is 22.9 Å². The third-order valence-corrected chi connectivity index (χ3v) is 6.52. The third kappa shape index (κ3) is 4.62. The second-order valence-electron chi connectivity index (χ2n) is 7.77. The van der Waals surface area contributed by atoms with Gasteiger partial charge in [-0.1, -0.05) is 29.8 Å². The number of nitrogens with zero attached hydrogens (tertiary/aromatic N) is 4. The molecule has 4 rings (SSSR count). The lowest BCUT2D eigenvalue weighted by atomic mass is 9.89. The van der Waals surface area contributed by atoms with Crippen LogP contribution in [0.25, 0.3) is 11.1 Å². The van der Waals surface area contributed by atoms with E-state index in [9.17, 15) is 9.59 Å². The summed E-state index contributed by atoms with van der Waals surface area (Å²) in [6, 6.07) is 11.1. The van der Waals surface area contributed by atoms with Gasteiger partial charge in [0.1, 0.15) is 0 Å². The summed E-state index contributed by atoms with van der Waals surface area (Å²) in [4.78, 5) is 38.8. The first-order valence-corrected chi connectivity index (χ1v) is 11.4. The number of hydrogen-bond acceptors (Lipinski definition) is 6. The number of carbonyl (C=O) groups is 2. The molecule has 3 aromatic rings. The standard InChI is InChI=1S/C23H23ClN4O2S/c1-27(2)23-25-13-18(15-7-9-17(24)10-8-15)20(26-23)16-5-3-11-28(14-16)22(30)21(29)19-6-4-12-31-19/h4,6-10,12-13,16H,3,5,11,14H2,1-2H3/t16-/m1/s1. The number of anilines is 1. The Morgan fingerprint density at radius 1 is 1.19 bits per heavy atom. The maximum absolute atomic E-state index is 12.9. The van der Waals surface area contributed by atoms with E-state index in [0.29, 0.717) is 28.9 Å². The van der Waals surface area contributed by atoms with Gasteiger partial charge in [-0.2, -0.15) is 0 Å². The van der Waals surface area contributed by atoms with Gasteiger partial charge in [0.15, 0.2) is 0 Å². The molecule has 1 fully saturated rings. The molecule has 1 atom stereocenters. The lowest BCUT2D eigenvalue weighted by Crippen LogP contribution is -2.42. The number of aromatic nitrogens is 2. The van der Waals surface area contributed by atoms with Crippen molar-refractivity contribution in [3.8, 4) is 11.1 Å². The minimum atomic E-state index is -0.443. The van der Waals surface area contributed by atoms with Gasteiger partial charge in [0.05, 0.1) is 10.6 Å². The van der Waals surface area contributed by atoms with E-state index in [1.165, 1.54) is 11.3 Å². The van der Waals surface area contributed by atoms with E-state index in [2.05, 4.69) is 4.98 Å². The number of halogens is 1. The van der Waals surface area contributed by atoms with Gasteiger partial charge in [-0.3, -0.25) is 9.59 Å². The fourth-order valence-corrected chi connectivity index (χ4v) is 4.59. The van der Waals surface area contributed by atoms with Gasteiger partial charge in [-0.25, -0.2) is 9.97 Å². The lowest BCUT2D eigenvalue weighted by molar-refractivity contribution is -0.127. The third-order valence-electron chi connectivity index (χ3n) is 5.40. The number of carbonyl (C=O) groups excluding carboxylic acids is 2. The first-order valence-electron chi connectivity index (χ1n) is 10.1. The monoisotopic (exact) mass is 454 g/mol. The Bertz CT molecular complexity index is 1080. The molecule has 1 saturated heterocycles. The molecule has 0 saturated carbocycles. The molecule has 1 aromatic carbocycles. The fourth-order valence-electron chi connectivity index (χ4n) is 3.81. The number of amides is 1. The quantitative estimate of drug-likeness (QED) is 0.419. The van der Waals surface area contributed by atoms with Crippen molar-refractivity contribution in [3.05, 3.63) is 63.6 Å². The summed E-state index contributed by atoms with van der Waals surface area (Å²) in [6.07, 6.45) is 3.54. The zero-order chi connectivity index (χ0) is 22.0. The van der Waals surface area contributed by atoms with Gasteiger partial charge < -0.3 is 9.80 Å². The summed E-state index contributed by atoms with van der Waals surface area (Å²) >= 11 is 7.36. The van der Waals surface area contributed by atoms with Crippen molar-refractivity contribution in [1.82, 2.24) is 14.9 Å². The van der Waals surface area contributed by atoms with E-state index in [1.54, 1.807) is 17.0 Å². The number of thiophene rings is 1. The number of rotatable bonds is 5. The molecule has 0 unspecified atom stereocenters. The number of likely N-dealkylation sites (tertiary alicyclic amines) is 1. The van der Waals surface area contributed by atoms with Crippen LogP contribution in [0, 0.1) is 0 Å². The molecule has 0 bridgehead atoms. The summed E-state index contributed by atoms with van der Waals surface area (Å²) in [7, 11) is 3.80. The molecule has 0 radical (unpaired) electrons. The molecule has 1 aliphatic heterocycles. The van der Waals surface area contributed by atoms with Crippen LogP contribution in [-0.4, -0.2) is 53.7 Å². The number of ketones is 1. The Morgan fingerprint density at radius 2 is 1.97 bits per heavy atom. The average molecular weight is 455 g/mol. The lowest BCUT2D eigenvalue weighted by Gasteiger charge is -2.33. The van der Waals surface area contributed by atoms with Crippen LogP contribution in [0.1, 0.15) is 34.1 Å². The SMILES string of the molecule is CN(C)c1ncc(-c2ccc(Cl)cc2)c([C@@H]2CCCN(C(=O)C(=O)c3cccs3)C2)n1. The molecule has 6 nitrogen and oxygen atoms in total. The molecule has 8 heteroatoms. The summed E-state index contributed by atoms with van der Waals surface area (Å²) in [5, 5.41) is 2.47. The molecular formula is C23H23ClN4O2S. The number of piperidine rings is 1. The van der Waals surface area contributed by atoms with E-state index < -0.39 is 11.7 Å². The summed E-state index contributed by atoms with van der Waals surface area (Å²) in [5.41, 5.74) is 2.79. The van der Waals surface area contributed by atoms with Crippen LogP contribution in [0.4, 0.5) is 5.95 Å². The molecule has 31 heavy (non-hydrogen) atoms. The maximum Gasteiger partial charge on any atom is 0.295 e. The van der Waals surface area contributed by atoms with Crippen LogP contribution in [0.15, 0.2) is 48.0 Å². The van der Waals surface area contributed by atoms with Crippen LogP contribution in [-0.2, 0) is 4.79 Å². The van der Waals surface area contributed by atoms with Crippen molar-refractivity contribution >= 4 is 40.6 Å². The molecule has 0 aliphatic carbocycles. The zero-order valence-corrected chi connectivity index (χ0v) is 19.0. The van der Waals surface area contributed by atoms with Crippen LogP contribution in [0.5, 0.6) is 0 Å². The van der Waals surface area contributed by atoms with Crippen molar-refractivity contribution < 1.29 is 9.59 Å². The molecule has 1 amide bonds. The minimum absolute atomic E-state index is 0.0150. The summed E-state index contributed by atoms with van der Waals surface area (Å²) in [5.74, 6) is -0.251. The minimum Gasteiger partial charge on any atom is -0.347 e. The number of benzene rings is 1. The molecule has 3 heterocycles. The predicted molar refractivity (Wildman–Crippen MR) is 124 cm³/mol. The van der Waals surface area contributed by atoms with Gasteiger partial charge in [0.25, 0.3) is 11.7 Å². The highest BCUT2D eigenvalue weighted by molar-refractivity contribution is 7.13. The average Bonchev–Trinajstić information content (AvgIpc) is 3.33. The van der Waals surface area contributed by atoms with E-state index in [4.69, 9.17) is 16.6 Å². The highest BCUT2D eigenvalue weighted by Gasteiger charge is 2.31. The zero-order valence-electron chi connectivity index (χ0n) is 17.4. The number of Topliss-reactive ketones (excluding diaryl/α,β-unsaturated/α-hetero) is 1. The molecule has 0 N–H and O–H groups in total. The Morgan fingerprint density at radius 3 is 2.65 bits per heavy atom. The second kappa shape index (κ2) is 9.16. The van der Waals surface area contributed by atoms with Gasteiger partial charge in [-0.05, 0) is 42.0 Å². The van der Waals surface area contributed by atoms with Gasteiger partial charge in [0.2, 0.25) is 5.95 Å². The van der Waals surface area contributed by atoms with Gasteiger partial charge >= 0.3 is 0 Å². The number of hydrogen-bond donors (Lipinski definition) is 0. The highest BCUT2D eigenvalue weighted by Crippen LogP contribution is 2.34. The smallest absolute Gasteiger partial charge is 0.295 e. The fraction of sp³-hybridized carbons (Fsp3) is 0.304. The Labute approximate surface area is 190 Å². The molecular weight excluding hydrogens is 432 g/mol. The molecule has 1 aliphatic rings. The first-order chi connectivity index (χ1) is 14.9. The van der Waals surface area contributed by atoms with Gasteiger partial charge in [0, 0.05) is 49.9 Å². The Balaban J connectivity index is 1.65. The van der Waals surface area contributed by atoms with Crippen molar-refractivity contribution in [2.45, 2.75) is 18.8 Å². The van der Waals surface area contributed by atoms with E-state index in [-0.39, 0.29) is 5.92 Å². The van der Waals surface area contributed by atoms with Crippen molar-refractivity contribution in [1.29, 1.82) is 0 Å². The largest absolute Gasteiger partial charge is 0.347 e. The summed E-state index contributed by atoms with van der Waals surface area (Å²) in [6.45, 7) is 1.04. The second-order valence-corrected chi connectivity index (χ2v) is 9.15. The van der Waals surface area contributed by atoms with Crippen LogP contribution < -0.4 is 4.90 Å². The first kappa shape index (κ1) is 21.5. The maximum atomic E-state index is 12.9. The van der Waals surface area contributed by atoms with Crippen molar-refractivity contribution in [3.63, 3.8) is 0 Å².